The fourth-order valence-electron chi connectivity index (χ4n) is 3.11. The maximum atomic E-state index is 11.0. The summed E-state index contributed by atoms with van der Waals surface area (Å²) in [4.78, 5) is 4.41. The normalized spacial score (nSPS) is 12.4. The Morgan fingerprint density at radius 2 is 1.62 bits per heavy atom. The number of benzene rings is 3. The predicted molar refractivity (Wildman–Crippen MR) is 95.8 cm³/mol. The Morgan fingerprint density at radius 1 is 0.875 bits per heavy atom. The SMILES string of the molecule is O[C@H](c1cccc2ccccc12)c1nccn1Cc1ccccc1. The van der Waals surface area contributed by atoms with E-state index in [0.717, 1.165) is 16.3 Å². The summed E-state index contributed by atoms with van der Waals surface area (Å²) in [6.45, 7) is 0.692. The van der Waals surface area contributed by atoms with Crippen LogP contribution in [-0.2, 0) is 6.54 Å². The van der Waals surface area contributed by atoms with Crippen molar-refractivity contribution in [2.24, 2.45) is 0 Å². The van der Waals surface area contributed by atoms with E-state index in [1.165, 1.54) is 5.56 Å². The van der Waals surface area contributed by atoms with Gasteiger partial charge in [-0.05, 0) is 21.9 Å². The van der Waals surface area contributed by atoms with Gasteiger partial charge in [0.15, 0.2) is 0 Å². The second-order valence-corrected chi connectivity index (χ2v) is 5.87. The predicted octanol–water partition coefficient (Wildman–Crippen LogP) is 4.17. The van der Waals surface area contributed by atoms with Crippen molar-refractivity contribution < 1.29 is 5.11 Å². The highest BCUT2D eigenvalue weighted by molar-refractivity contribution is 5.86. The third-order valence-electron chi connectivity index (χ3n) is 4.31. The molecule has 0 unspecified atom stereocenters. The van der Waals surface area contributed by atoms with Gasteiger partial charge in [0.05, 0.1) is 0 Å². The first-order valence-electron chi connectivity index (χ1n) is 8.03. The quantitative estimate of drug-likeness (QED) is 0.614. The van der Waals surface area contributed by atoms with Gasteiger partial charge >= 0.3 is 0 Å². The molecule has 1 aromatic heterocycles. The average Bonchev–Trinajstić information content (AvgIpc) is 3.09. The van der Waals surface area contributed by atoms with Crippen LogP contribution in [0, 0.1) is 0 Å². The number of aliphatic hydroxyl groups excluding tert-OH is 1. The van der Waals surface area contributed by atoms with Crippen molar-refractivity contribution in [2.75, 3.05) is 0 Å². The van der Waals surface area contributed by atoms with Crippen molar-refractivity contribution >= 4 is 10.8 Å². The van der Waals surface area contributed by atoms with Gasteiger partial charge < -0.3 is 9.67 Å². The maximum absolute atomic E-state index is 11.0. The van der Waals surface area contributed by atoms with Crippen molar-refractivity contribution in [3.63, 3.8) is 0 Å². The van der Waals surface area contributed by atoms with E-state index >= 15 is 0 Å². The summed E-state index contributed by atoms with van der Waals surface area (Å²) >= 11 is 0. The summed E-state index contributed by atoms with van der Waals surface area (Å²) < 4.78 is 2.00. The zero-order chi connectivity index (χ0) is 16.4. The third-order valence-corrected chi connectivity index (χ3v) is 4.31. The van der Waals surface area contributed by atoms with Crippen LogP contribution in [0.15, 0.2) is 85.2 Å². The molecule has 0 radical (unpaired) electrons. The molecule has 0 amide bonds. The molecule has 0 aliphatic carbocycles. The number of aromatic nitrogens is 2. The number of rotatable bonds is 4. The summed E-state index contributed by atoms with van der Waals surface area (Å²) in [6, 6.07) is 24.3. The second kappa shape index (κ2) is 6.30. The van der Waals surface area contributed by atoms with Crippen LogP contribution in [0.1, 0.15) is 23.1 Å². The molecular weight excluding hydrogens is 296 g/mol. The molecule has 0 aliphatic rings. The molecule has 4 rings (SSSR count). The molecule has 0 fully saturated rings. The largest absolute Gasteiger partial charge is 0.380 e. The van der Waals surface area contributed by atoms with Crippen molar-refractivity contribution in [1.29, 1.82) is 0 Å². The van der Waals surface area contributed by atoms with Crippen LogP contribution in [0.4, 0.5) is 0 Å². The molecule has 0 saturated carbocycles. The van der Waals surface area contributed by atoms with Gasteiger partial charge in [0.2, 0.25) is 0 Å². The van der Waals surface area contributed by atoms with Gasteiger partial charge in [0.25, 0.3) is 0 Å². The van der Waals surface area contributed by atoms with Crippen molar-refractivity contribution in [2.45, 2.75) is 12.6 Å². The molecule has 3 nitrogen and oxygen atoms in total. The highest BCUT2D eigenvalue weighted by atomic mass is 16.3. The number of hydrogen-bond acceptors (Lipinski definition) is 2. The van der Waals surface area contributed by atoms with Crippen LogP contribution in [0.2, 0.25) is 0 Å². The third kappa shape index (κ3) is 2.70. The Balaban J connectivity index is 1.73. The maximum Gasteiger partial charge on any atom is 0.142 e. The van der Waals surface area contributed by atoms with E-state index in [1.54, 1.807) is 6.20 Å². The van der Waals surface area contributed by atoms with Crippen molar-refractivity contribution in [3.05, 3.63) is 102 Å². The van der Waals surface area contributed by atoms with Crippen LogP contribution in [0.25, 0.3) is 10.8 Å². The Morgan fingerprint density at radius 3 is 2.50 bits per heavy atom. The average molecular weight is 314 g/mol. The molecule has 0 saturated heterocycles. The number of imidazole rings is 1. The van der Waals surface area contributed by atoms with Gasteiger partial charge in [-0.1, -0.05) is 72.8 Å². The molecule has 4 aromatic rings. The van der Waals surface area contributed by atoms with E-state index in [9.17, 15) is 5.11 Å². The van der Waals surface area contributed by atoms with E-state index in [2.05, 4.69) is 29.2 Å². The first-order valence-corrected chi connectivity index (χ1v) is 8.03. The lowest BCUT2D eigenvalue weighted by Crippen LogP contribution is -2.11. The van der Waals surface area contributed by atoms with Gasteiger partial charge in [-0.2, -0.15) is 0 Å². The van der Waals surface area contributed by atoms with Crippen LogP contribution in [0.5, 0.6) is 0 Å². The van der Waals surface area contributed by atoms with Gasteiger partial charge in [-0.25, -0.2) is 4.98 Å². The monoisotopic (exact) mass is 314 g/mol. The van der Waals surface area contributed by atoms with Crippen LogP contribution in [0.3, 0.4) is 0 Å². The number of aliphatic hydroxyl groups is 1. The molecule has 24 heavy (non-hydrogen) atoms. The zero-order valence-electron chi connectivity index (χ0n) is 13.2. The molecule has 1 heterocycles. The van der Waals surface area contributed by atoms with Crippen LogP contribution >= 0.6 is 0 Å². The lowest BCUT2D eigenvalue weighted by molar-refractivity contribution is 0.207. The molecule has 3 heteroatoms. The molecule has 118 valence electrons. The Hall–Kier alpha value is -2.91. The summed E-state index contributed by atoms with van der Waals surface area (Å²) in [6.07, 6.45) is 2.90. The fraction of sp³-hybridized carbons (Fsp3) is 0.0952. The smallest absolute Gasteiger partial charge is 0.142 e. The molecule has 0 spiro atoms. The zero-order valence-corrected chi connectivity index (χ0v) is 13.2. The van der Waals surface area contributed by atoms with E-state index in [0.29, 0.717) is 12.4 Å². The van der Waals surface area contributed by atoms with Crippen molar-refractivity contribution in [1.82, 2.24) is 9.55 Å². The molecule has 0 aliphatic heterocycles. The molecule has 0 bridgehead atoms. The minimum Gasteiger partial charge on any atom is -0.380 e. The molecular formula is C21H18N2O. The Bertz CT molecular complexity index is 954. The van der Waals surface area contributed by atoms with Gasteiger partial charge in [0, 0.05) is 18.9 Å². The van der Waals surface area contributed by atoms with E-state index in [4.69, 9.17) is 0 Å². The minimum absolute atomic E-state index is 0.662. The van der Waals surface area contributed by atoms with E-state index in [1.807, 2.05) is 59.3 Å². The fourth-order valence-corrected chi connectivity index (χ4v) is 3.11. The highest BCUT2D eigenvalue weighted by Crippen LogP contribution is 2.28. The number of nitrogens with zero attached hydrogens (tertiary/aromatic N) is 2. The first kappa shape index (κ1) is 14.7. The number of fused-ring (bicyclic) bond motifs is 1. The topological polar surface area (TPSA) is 38.1 Å². The summed E-state index contributed by atoms with van der Waals surface area (Å²) in [5, 5.41) is 13.1. The minimum atomic E-state index is -0.755. The van der Waals surface area contributed by atoms with Crippen LogP contribution < -0.4 is 0 Å². The lowest BCUT2D eigenvalue weighted by Gasteiger charge is -2.16. The summed E-state index contributed by atoms with van der Waals surface area (Å²) in [7, 11) is 0. The van der Waals surface area contributed by atoms with Crippen molar-refractivity contribution in [3.8, 4) is 0 Å². The van der Waals surface area contributed by atoms with E-state index in [-0.39, 0.29) is 0 Å². The lowest BCUT2D eigenvalue weighted by atomic mass is 10.00. The number of hydrogen-bond donors (Lipinski definition) is 1. The Kier molecular flexibility index (Phi) is 3.85. The Labute approximate surface area is 140 Å². The standard InChI is InChI=1S/C21H18N2O/c24-20(19-12-6-10-17-9-4-5-11-18(17)19)21-22-13-14-23(21)15-16-7-2-1-3-8-16/h1-14,20,24H,15H2/t20-/m1/s1. The van der Waals surface area contributed by atoms with Gasteiger partial charge in [-0.15, -0.1) is 0 Å². The molecule has 1 N–H and O–H groups in total. The van der Waals surface area contributed by atoms with Gasteiger partial charge in [0.1, 0.15) is 11.9 Å². The summed E-state index contributed by atoms with van der Waals surface area (Å²) in [5.41, 5.74) is 2.07. The first-order chi connectivity index (χ1) is 11.8. The summed E-state index contributed by atoms with van der Waals surface area (Å²) in [5.74, 6) is 0.662. The molecule has 3 aromatic carbocycles. The van der Waals surface area contributed by atoms with Gasteiger partial charge in [-0.3, -0.25) is 0 Å². The molecule has 1 atom stereocenters. The highest BCUT2D eigenvalue weighted by Gasteiger charge is 2.18. The van der Waals surface area contributed by atoms with E-state index < -0.39 is 6.10 Å². The second-order valence-electron chi connectivity index (χ2n) is 5.87. The van der Waals surface area contributed by atoms with Crippen LogP contribution in [-0.4, -0.2) is 14.7 Å².